The number of benzene rings is 2. The third-order valence-corrected chi connectivity index (χ3v) is 6.52. The molecule has 8 heteroatoms. The molecule has 1 N–H and O–H groups in total. The molecule has 0 aliphatic carbocycles. The van der Waals surface area contributed by atoms with Crippen LogP contribution in [0.4, 0.5) is 0 Å². The Morgan fingerprint density at radius 3 is 2.59 bits per heavy atom. The van der Waals surface area contributed by atoms with Crippen LogP contribution in [-0.4, -0.2) is 63.1 Å². The van der Waals surface area contributed by atoms with Gasteiger partial charge in [0.05, 0.1) is 39.5 Å². The number of ketones is 1. The molecule has 2 aliphatic heterocycles. The molecule has 8 nitrogen and oxygen atoms in total. The van der Waals surface area contributed by atoms with Crippen molar-refractivity contribution in [3.05, 3.63) is 77.3 Å². The van der Waals surface area contributed by atoms with Crippen molar-refractivity contribution in [3.63, 3.8) is 0 Å². The summed E-state index contributed by atoms with van der Waals surface area (Å²) in [7, 11) is 1.57. The number of hydrogen-bond donors (Lipinski definition) is 1. The van der Waals surface area contributed by atoms with E-state index in [1.807, 2.05) is 18.2 Å². The summed E-state index contributed by atoms with van der Waals surface area (Å²) in [5.74, 6) is -1.29. The number of amides is 1. The van der Waals surface area contributed by atoms with E-state index in [4.69, 9.17) is 13.9 Å². The summed E-state index contributed by atoms with van der Waals surface area (Å²) in [6.45, 7) is 4.06. The number of ether oxygens (including phenoxy) is 2. The largest absolute Gasteiger partial charge is 0.868 e. The zero-order valence-electron chi connectivity index (χ0n) is 18.9. The molecule has 1 unspecified atom stereocenters. The average molecular weight is 463 g/mol. The quantitative estimate of drug-likeness (QED) is 0.521. The first-order chi connectivity index (χ1) is 16.6. The van der Waals surface area contributed by atoms with E-state index in [0.717, 1.165) is 18.5 Å². The van der Waals surface area contributed by atoms with Crippen LogP contribution in [0, 0.1) is 0 Å². The Morgan fingerprint density at radius 1 is 1.15 bits per heavy atom. The Morgan fingerprint density at radius 2 is 1.88 bits per heavy atom. The lowest BCUT2D eigenvalue weighted by molar-refractivity contribution is -0.907. The van der Waals surface area contributed by atoms with Crippen molar-refractivity contribution in [2.24, 2.45) is 0 Å². The van der Waals surface area contributed by atoms with E-state index in [1.165, 1.54) is 9.80 Å². The second-order valence-corrected chi connectivity index (χ2v) is 8.51. The molecule has 1 saturated heterocycles. The number of furan rings is 1. The van der Waals surface area contributed by atoms with Crippen LogP contribution in [0.5, 0.6) is 5.75 Å². The number of Topliss-reactive ketones (excluding diaryl/α,β-unsaturated/α-hetero) is 1. The van der Waals surface area contributed by atoms with Gasteiger partial charge in [-0.15, -0.1) is 0 Å². The first kappa shape index (κ1) is 22.2. The molecule has 0 bridgehead atoms. The van der Waals surface area contributed by atoms with Crippen molar-refractivity contribution >= 4 is 22.7 Å². The van der Waals surface area contributed by atoms with Crippen molar-refractivity contribution in [2.75, 3.05) is 46.5 Å². The molecule has 3 aromatic rings. The normalized spacial score (nSPS) is 19.3. The van der Waals surface area contributed by atoms with Gasteiger partial charge in [0.2, 0.25) is 11.7 Å². The van der Waals surface area contributed by atoms with E-state index in [2.05, 4.69) is 0 Å². The predicted molar refractivity (Wildman–Crippen MR) is 121 cm³/mol. The number of nitrogens with zero attached hydrogens (tertiary/aromatic N) is 1. The molecular weight excluding hydrogens is 436 g/mol. The number of fused-ring (bicyclic) bond motifs is 1. The smallest absolute Gasteiger partial charge is 0.240 e. The first-order valence-corrected chi connectivity index (χ1v) is 11.4. The molecule has 2 aromatic carbocycles. The van der Waals surface area contributed by atoms with Gasteiger partial charge in [-0.1, -0.05) is 30.3 Å². The summed E-state index contributed by atoms with van der Waals surface area (Å²) in [5.41, 5.74) is 1.15. The van der Waals surface area contributed by atoms with Crippen LogP contribution in [0.2, 0.25) is 0 Å². The topological polar surface area (TPSA) is 96.5 Å². The molecule has 1 atom stereocenters. The number of morpholine rings is 1. The van der Waals surface area contributed by atoms with E-state index >= 15 is 0 Å². The van der Waals surface area contributed by atoms with Crippen LogP contribution in [-0.2, 0) is 9.53 Å². The Hall–Kier alpha value is -3.62. The Bertz CT molecular complexity index is 1210. The molecule has 34 heavy (non-hydrogen) atoms. The van der Waals surface area contributed by atoms with E-state index in [9.17, 15) is 14.7 Å². The number of methoxy groups -OCH3 is 1. The zero-order valence-corrected chi connectivity index (χ0v) is 18.9. The van der Waals surface area contributed by atoms with Crippen molar-refractivity contribution in [1.82, 2.24) is 4.90 Å². The molecule has 0 radical (unpaired) electrons. The maximum atomic E-state index is 13.6. The van der Waals surface area contributed by atoms with Gasteiger partial charge in [0, 0.05) is 11.0 Å². The molecule has 176 valence electrons. The molecule has 5 rings (SSSR count). The van der Waals surface area contributed by atoms with Crippen molar-refractivity contribution < 1.29 is 33.5 Å². The number of carbonyl (C=O) groups excluding carboxylic acids is 2. The number of carbonyl (C=O) groups is 2. The second-order valence-electron chi connectivity index (χ2n) is 8.51. The standard InChI is InChI=1S/C26H26N2O6/c1-32-19-8-6-17(7-9-19)23-22(24(29)21-16-18-4-2-3-5-20(18)34-21)25(30)26(31)28(23)11-10-27-12-14-33-15-13-27/h2-9,16,23,30H,10-15H2,1H3. The fourth-order valence-corrected chi connectivity index (χ4v) is 4.65. The van der Waals surface area contributed by atoms with Gasteiger partial charge in [-0.05, 0) is 35.6 Å². The highest BCUT2D eigenvalue weighted by atomic mass is 16.5. The van der Waals surface area contributed by atoms with E-state index < -0.39 is 23.5 Å². The summed E-state index contributed by atoms with van der Waals surface area (Å²) in [6, 6.07) is 15.2. The lowest BCUT2D eigenvalue weighted by Crippen LogP contribution is -3.14. The van der Waals surface area contributed by atoms with Crippen LogP contribution in [0.25, 0.3) is 11.0 Å². The van der Waals surface area contributed by atoms with Gasteiger partial charge in [-0.3, -0.25) is 9.59 Å². The van der Waals surface area contributed by atoms with Crippen molar-refractivity contribution in [3.8, 4) is 5.75 Å². The third-order valence-electron chi connectivity index (χ3n) is 6.52. The lowest BCUT2D eigenvalue weighted by atomic mass is 9.95. The molecule has 2 aliphatic rings. The Kier molecular flexibility index (Phi) is 6.08. The van der Waals surface area contributed by atoms with E-state index in [-0.39, 0.29) is 11.3 Å². The third kappa shape index (κ3) is 4.06. The zero-order chi connectivity index (χ0) is 23.7. The van der Waals surface area contributed by atoms with Gasteiger partial charge >= 0.3 is 0 Å². The second kappa shape index (κ2) is 9.32. The van der Waals surface area contributed by atoms with Crippen LogP contribution >= 0.6 is 0 Å². The molecule has 0 saturated carbocycles. The molecule has 3 heterocycles. The summed E-state index contributed by atoms with van der Waals surface area (Å²) in [6.07, 6.45) is 0. The maximum absolute atomic E-state index is 13.6. The minimum absolute atomic E-state index is 0.0523. The minimum atomic E-state index is -0.785. The summed E-state index contributed by atoms with van der Waals surface area (Å²) < 4.78 is 16.4. The minimum Gasteiger partial charge on any atom is -0.868 e. The number of para-hydroxylation sites is 1. The fourth-order valence-electron chi connectivity index (χ4n) is 4.65. The maximum Gasteiger partial charge on any atom is 0.240 e. The monoisotopic (exact) mass is 462 g/mol. The van der Waals surface area contributed by atoms with Gasteiger partial charge in [-0.25, -0.2) is 0 Å². The van der Waals surface area contributed by atoms with E-state index in [1.54, 1.807) is 43.5 Å². The molecule has 1 aromatic heterocycles. The Balaban J connectivity index is 1.50. The van der Waals surface area contributed by atoms with Gasteiger partial charge in [0.15, 0.2) is 5.76 Å². The van der Waals surface area contributed by atoms with Crippen molar-refractivity contribution in [2.45, 2.75) is 6.04 Å². The number of rotatable bonds is 7. The van der Waals surface area contributed by atoms with E-state index in [0.29, 0.717) is 43.2 Å². The molecular formula is C26H26N2O6. The fraction of sp³-hybridized carbons (Fsp3) is 0.308. The van der Waals surface area contributed by atoms with Crippen LogP contribution in [0.15, 0.2) is 70.3 Å². The van der Waals surface area contributed by atoms with Gasteiger partial charge in [0.1, 0.15) is 24.4 Å². The summed E-state index contributed by atoms with van der Waals surface area (Å²) in [4.78, 5) is 29.5. The SMILES string of the molecule is COc1ccc(C2C(C(=O)c3cc4ccccc4o3)=C([O-])C(=O)N2CC[NH+]2CCOCC2)cc1. The van der Waals surface area contributed by atoms with Crippen LogP contribution < -0.4 is 14.7 Å². The number of nitrogens with one attached hydrogen (secondary N) is 1. The number of quaternary nitrogens is 1. The highest BCUT2D eigenvalue weighted by Gasteiger charge is 2.40. The molecule has 1 fully saturated rings. The lowest BCUT2D eigenvalue weighted by Gasteiger charge is -2.30. The van der Waals surface area contributed by atoms with Crippen molar-refractivity contribution in [1.29, 1.82) is 0 Å². The van der Waals surface area contributed by atoms with Gasteiger partial charge in [0.25, 0.3) is 0 Å². The molecule has 0 spiro atoms. The predicted octanol–water partition coefficient (Wildman–Crippen LogP) is 0.737. The average Bonchev–Trinajstić information content (AvgIpc) is 3.42. The van der Waals surface area contributed by atoms with Gasteiger partial charge < -0.3 is 28.8 Å². The number of hydrogen-bond acceptors (Lipinski definition) is 6. The first-order valence-electron chi connectivity index (χ1n) is 11.4. The summed E-state index contributed by atoms with van der Waals surface area (Å²) >= 11 is 0. The summed E-state index contributed by atoms with van der Waals surface area (Å²) in [5, 5.41) is 13.9. The van der Waals surface area contributed by atoms with Gasteiger partial charge in [-0.2, -0.15) is 0 Å². The van der Waals surface area contributed by atoms with Crippen LogP contribution in [0.1, 0.15) is 22.2 Å². The Labute approximate surface area is 197 Å². The molecule has 1 amide bonds. The van der Waals surface area contributed by atoms with Crippen LogP contribution in [0.3, 0.4) is 0 Å². The highest BCUT2D eigenvalue weighted by Crippen LogP contribution is 2.39. The highest BCUT2D eigenvalue weighted by molar-refractivity contribution is 6.15.